The Kier molecular flexibility index (Phi) is 7.79. The maximum absolute atomic E-state index is 6.59. The monoisotopic (exact) mass is 512 g/mol. The van der Waals surface area contributed by atoms with Gasteiger partial charge in [-0.3, -0.25) is 0 Å². The van der Waals surface area contributed by atoms with Gasteiger partial charge in [0.25, 0.3) is 0 Å². The Bertz CT molecular complexity index is 1310. The molecule has 2 heterocycles. The molecule has 0 bridgehead atoms. The number of benzene rings is 4. The first-order valence-electron chi connectivity index (χ1n) is 13.0. The summed E-state index contributed by atoms with van der Waals surface area (Å²) in [6, 6.07) is 34.7. The third-order valence-electron chi connectivity index (χ3n) is 7.13. The molecule has 0 aromatic heterocycles. The Morgan fingerprint density at radius 2 is 1.32 bits per heavy atom. The Labute approximate surface area is 223 Å². The van der Waals surface area contributed by atoms with E-state index in [2.05, 4.69) is 30.3 Å². The zero-order chi connectivity index (χ0) is 25.7. The average Bonchev–Trinajstić information content (AvgIpc) is 2.99. The standard InChI is InChI=1S/C32H32O6/c1-33-32-30(35-20-23-12-6-3-7-13-23)29(34-19-22-10-4-2-5-11-22)28-27(37-32)21-36-31(38-28)26-17-16-24-14-8-9-15-25(24)18-26/h2-18,27-32H,19-21H2,1H3/t27-,28-,29+,30-,31?,32+/m1/s1. The molecule has 6 nitrogen and oxygen atoms in total. The van der Waals surface area contributed by atoms with E-state index in [1.165, 1.54) is 5.39 Å². The second-order valence-electron chi connectivity index (χ2n) is 9.67. The number of rotatable bonds is 8. The third-order valence-corrected chi connectivity index (χ3v) is 7.13. The molecule has 196 valence electrons. The van der Waals surface area contributed by atoms with Crippen molar-refractivity contribution in [3.05, 3.63) is 120 Å². The van der Waals surface area contributed by atoms with Crippen molar-refractivity contribution in [2.45, 2.75) is 50.2 Å². The van der Waals surface area contributed by atoms with Crippen molar-refractivity contribution in [1.82, 2.24) is 0 Å². The largest absolute Gasteiger partial charge is 0.368 e. The molecule has 2 aliphatic heterocycles. The smallest absolute Gasteiger partial charge is 0.186 e. The van der Waals surface area contributed by atoms with Crippen molar-refractivity contribution < 1.29 is 28.4 Å². The zero-order valence-electron chi connectivity index (χ0n) is 21.3. The summed E-state index contributed by atoms with van der Waals surface area (Å²) in [7, 11) is 1.63. The molecule has 6 atom stereocenters. The molecule has 4 aromatic rings. The van der Waals surface area contributed by atoms with Crippen molar-refractivity contribution in [1.29, 1.82) is 0 Å². The van der Waals surface area contributed by atoms with E-state index >= 15 is 0 Å². The highest BCUT2D eigenvalue weighted by molar-refractivity contribution is 5.83. The van der Waals surface area contributed by atoms with Gasteiger partial charge >= 0.3 is 0 Å². The number of hydrogen-bond donors (Lipinski definition) is 0. The van der Waals surface area contributed by atoms with Gasteiger partial charge in [-0.15, -0.1) is 0 Å². The van der Waals surface area contributed by atoms with E-state index in [1.807, 2.05) is 72.8 Å². The van der Waals surface area contributed by atoms with Gasteiger partial charge in [-0.2, -0.15) is 0 Å². The van der Waals surface area contributed by atoms with Gasteiger partial charge in [0.1, 0.15) is 24.4 Å². The molecule has 0 amide bonds. The number of methoxy groups -OCH3 is 1. The molecule has 4 aromatic carbocycles. The number of hydrogen-bond acceptors (Lipinski definition) is 6. The van der Waals surface area contributed by atoms with Crippen LogP contribution in [0.2, 0.25) is 0 Å². The van der Waals surface area contributed by atoms with Crippen LogP contribution in [0.15, 0.2) is 103 Å². The quantitative estimate of drug-likeness (QED) is 0.298. The minimum Gasteiger partial charge on any atom is -0.368 e. The number of fused-ring (bicyclic) bond motifs is 2. The van der Waals surface area contributed by atoms with Crippen LogP contribution < -0.4 is 0 Å². The van der Waals surface area contributed by atoms with Crippen molar-refractivity contribution in [2.24, 2.45) is 0 Å². The second-order valence-corrected chi connectivity index (χ2v) is 9.67. The molecule has 0 aliphatic carbocycles. The Balaban J connectivity index is 1.27. The van der Waals surface area contributed by atoms with Crippen LogP contribution in [0.25, 0.3) is 10.8 Å². The lowest BCUT2D eigenvalue weighted by Gasteiger charge is -2.48. The molecule has 6 heteroatoms. The molecular formula is C32H32O6. The molecule has 38 heavy (non-hydrogen) atoms. The Morgan fingerprint density at radius 1 is 0.684 bits per heavy atom. The Morgan fingerprint density at radius 3 is 2.00 bits per heavy atom. The average molecular weight is 513 g/mol. The minimum atomic E-state index is -0.620. The molecule has 0 spiro atoms. The molecule has 2 fully saturated rings. The molecule has 0 saturated carbocycles. The van der Waals surface area contributed by atoms with Crippen LogP contribution in [-0.2, 0) is 41.6 Å². The lowest BCUT2D eigenvalue weighted by molar-refractivity contribution is -0.369. The molecule has 0 radical (unpaired) electrons. The van der Waals surface area contributed by atoms with Gasteiger partial charge in [0, 0.05) is 12.7 Å². The predicted octanol–water partition coefficient (Wildman–Crippen LogP) is 5.80. The van der Waals surface area contributed by atoms with Gasteiger partial charge in [0.15, 0.2) is 12.6 Å². The first-order chi connectivity index (χ1) is 18.8. The van der Waals surface area contributed by atoms with Crippen LogP contribution in [0.3, 0.4) is 0 Å². The van der Waals surface area contributed by atoms with Gasteiger partial charge in [-0.1, -0.05) is 97.1 Å². The van der Waals surface area contributed by atoms with E-state index in [-0.39, 0.29) is 6.10 Å². The summed E-state index contributed by atoms with van der Waals surface area (Å²) in [5.74, 6) is 0. The maximum atomic E-state index is 6.59. The summed E-state index contributed by atoms with van der Waals surface area (Å²) in [6.45, 7) is 1.18. The van der Waals surface area contributed by atoms with Gasteiger partial charge in [-0.25, -0.2) is 0 Å². The zero-order valence-corrected chi connectivity index (χ0v) is 21.3. The van der Waals surface area contributed by atoms with E-state index in [4.69, 9.17) is 28.4 Å². The molecule has 6 rings (SSSR count). The van der Waals surface area contributed by atoms with Gasteiger partial charge < -0.3 is 28.4 Å². The molecule has 2 saturated heterocycles. The highest BCUT2D eigenvalue weighted by atomic mass is 16.8. The lowest BCUT2D eigenvalue weighted by atomic mass is 9.96. The van der Waals surface area contributed by atoms with Crippen LogP contribution in [-0.4, -0.2) is 44.4 Å². The van der Waals surface area contributed by atoms with E-state index in [1.54, 1.807) is 7.11 Å². The topological polar surface area (TPSA) is 55.4 Å². The highest BCUT2D eigenvalue weighted by Crippen LogP contribution is 2.37. The lowest BCUT2D eigenvalue weighted by Crippen LogP contribution is -2.63. The molecule has 0 N–H and O–H groups in total. The summed E-state index contributed by atoms with van der Waals surface area (Å²) >= 11 is 0. The summed E-state index contributed by atoms with van der Waals surface area (Å²) in [5, 5.41) is 2.31. The van der Waals surface area contributed by atoms with Gasteiger partial charge in [-0.05, 0) is 28.0 Å². The summed E-state index contributed by atoms with van der Waals surface area (Å²) < 4.78 is 37.8. The van der Waals surface area contributed by atoms with Crippen LogP contribution in [0, 0.1) is 0 Å². The van der Waals surface area contributed by atoms with Crippen molar-refractivity contribution >= 4 is 10.8 Å². The fourth-order valence-corrected chi connectivity index (χ4v) is 5.16. The van der Waals surface area contributed by atoms with Gasteiger partial charge in [0.05, 0.1) is 19.8 Å². The summed E-state index contributed by atoms with van der Waals surface area (Å²) in [5.41, 5.74) is 3.09. The molecule has 1 unspecified atom stereocenters. The first kappa shape index (κ1) is 25.2. The van der Waals surface area contributed by atoms with Crippen molar-refractivity contribution in [3.8, 4) is 0 Å². The fraction of sp³-hybridized carbons (Fsp3) is 0.312. The first-order valence-corrected chi connectivity index (χ1v) is 13.0. The van der Waals surface area contributed by atoms with Crippen molar-refractivity contribution in [2.75, 3.05) is 13.7 Å². The predicted molar refractivity (Wildman–Crippen MR) is 143 cm³/mol. The van der Waals surface area contributed by atoms with E-state index in [9.17, 15) is 0 Å². The normalized spacial score (nSPS) is 27.2. The Hall–Kier alpha value is -3.10. The van der Waals surface area contributed by atoms with Crippen LogP contribution in [0.4, 0.5) is 0 Å². The van der Waals surface area contributed by atoms with E-state index < -0.39 is 30.9 Å². The van der Waals surface area contributed by atoms with E-state index in [0.717, 1.165) is 22.1 Å². The van der Waals surface area contributed by atoms with Crippen molar-refractivity contribution in [3.63, 3.8) is 0 Å². The highest BCUT2D eigenvalue weighted by Gasteiger charge is 2.51. The van der Waals surface area contributed by atoms with E-state index in [0.29, 0.717) is 19.8 Å². The molecular weight excluding hydrogens is 480 g/mol. The molecule has 2 aliphatic rings. The second kappa shape index (κ2) is 11.7. The number of ether oxygens (including phenoxy) is 6. The SMILES string of the molecule is CO[C@H]1O[C@@H]2COC(c3ccc4ccccc4c3)O[C@H]2[C@H](OCc2ccccc2)[C@H]1OCc1ccccc1. The fourth-order valence-electron chi connectivity index (χ4n) is 5.16. The summed E-state index contributed by atoms with van der Waals surface area (Å²) in [6.07, 6.45) is -2.86. The van der Waals surface area contributed by atoms with Crippen LogP contribution in [0.5, 0.6) is 0 Å². The van der Waals surface area contributed by atoms with Crippen LogP contribution in [0.1, 0.15) is 23.0 Å². The summed E-state index contributed by atoms with van der Waals surface area (Å²) in [4.78, 5) is 0. The maximum Gasteiger partial charge on any atom is 0.186 e. The van der Waals surface area contributed by atoms with Crippen LogP contribution >= 0.6 is 0 Å². The van der Waals surface area contributed by atoms with Gasteiger partial charge in [0.2, 0.25) is 0 Å². The third kappa shape index (κ3) is 5.52. The minimum absolute atomic E-state index is 0.353.